The zero-order valence-corrected chi connectivity index (χ0v) is 12.0. The molecule has 3 nitrogen and oxygen atoms in total. The van der Waals surface area contributed by atoms with Crippen LogP contribution in [0.3, 0.4) is 0 Å². The van der Waals surface area contributed by atoms with Crippen LogP contribution in [0.5, 0.6) is 0 Å². The molecule has 0 aliphatic carbocycles. The standard InChI is InChI=1S/C17H20N2O/c1-11-9-19(10-12(11)2)17(20)15-7-13-5-3-4-6-14(13)8-16(15)18/h3-8,11-12H,9-10,18H2,1-2H3. The fourth-order valence-corrected chi connectivity index (χ4v) is 2.91. The molecule has 0 radical (unpaired) electrons. The molecule has 2 atom stereocenters. The SMILES string of the molecule is CC1CN(C(=O)c2cc3ccccc3cc2N)CC1C. The van der Waals surface area contributed by atoms with Crippen LogP contribution in [0.15, 0.2) is 36.4 Å². The maximum absolute atomic E-state index is 12.6. The van der Waals surface area contributed by atoms with E-state index in [2.05, 4.69) is 13.8 Å². The summed E-state index contributed by atoms with van der Waals surface area (Å²) in [7, 11) is 0. The Morgan fingerprint density at radius 3 is 2.25 bits per heavy atom. The number of fused-ring (bicyclic) bond motifs is 1. The lowest BCUT2D eigenvalue weighted by Crippen LogP contribution is -2.29. The summed E-state index contributed by atoms with van der Waals surface area (Å²) in [6, 6.07) is 11.8. The Kier molecular flexibility index (Phi) is 3.13. The van der Waals surface area contributed by atoms with Crippen molar-refractivity contribution >= 4 is 22.4 Å². The third-order valence-electron chi connectivity index (χ3n) is 4.42. The Balaban J connectivity index is 1.97. The highest BCUT2D eigenvalue weighted by Crippen LogP contribution is 2.27. The predicted octanol–water partition coefficient (Wildman–Crippen LogP) is 3.15. The van der Waals surface area contributed by atoms with Gasteiger partial charge in [0, 0.05) is 18.8 Å². The van der Waals surface area contributed by atoms with Crippen LogP contribution < -0.4 is 5.73 Å². The lowest BCUT2D eigenvalue weighted by Gasteiger charge is -2.17. The van der Waals surface area contributed by atoms with E-state index < -0.39 is 0 Å². The van der Waals surface area contributed by atoms with Gasteiger partial charge in [0.15, 0.2) is 0 Å². The van der Waals surface area contributed by atoms with Gasteiger partial charge in [-0.2, -0.15) is 0 Å². The van der Waals surface area contributed by atoms with E-state index in [9.17, 15) is 4.79 Å². The second kappa shape index (κ2) is 4.82. The molecule has 1 fully saturated rings. The number of nitrogen functional groups attached to an aromatic ring is 1. The van der Waals surface area contributed by atoms with Crippen LogP contribution in [0.25, 0.3) is 10.8 Å². The minimum absolute atomic E-state index is 0.0597. The lowest BCUT2D eigenvalue weighted by atomic mass is 10.0. The molecule has 3 heteroatoms. The first-order valence-corrected chi connectivity index (χ1v) is 7.14. The molecule has 1 aliphatic heterocycles. The molecule has 0 bridgehead atoms. The topological polar surface area (TPSA) is 46.3 Å². The molecule has 2 unspecified atom stereocenters. The molecule has 2 aromatic rings. The smallest absolute Gasteiger partial charge is 0.255 e. The Bertz CT molecular complexity index is 655. The highest BCUT2D eigenvalue weighted by molar-refractivity contribution is 6.04. The molecule has 0 aromatic heterocycles. The average Bonchev–Trinajstić information content (AvgIpc) is 2.77. The number of rotatable bonds is 1. The van der Waals surface area contributed by atoms with Gasteiger partial charge in [0.05, 0.1) is 5.56 Å². The van der Waals surface area contributed by atoms with Crippen LogP contribution in [0, 0.1) is 11.8 Å². The molecule has 3 rings (SSSR count). The quantitative estimate of drug-likeness (QED) is 0.808. The summed E-state index contributed by atoms with van der Waals surface area (Å²) in [5.41, 5.74) is 7.28. The largest absolute Gasteiger partial charge is 0.398 e. The Morgan fingerprint density at radius 2 is 1.65 bits per heavy atom. The van der Waals surface area contributed by atoms with Gasteiger partial charge in [-0.3, -0.25) is 4.79 Å². The van der Waals surface area contributed by atoms with E-state index >= 15 is 0 Å². The molecule has 104 valence electrons. The zero-order chi connectivity index (χ0) is 14.3. The van der Waals surface area contributed by atoms with Crippen molar-refractivity contribution in [2.24, 2.45) is 11.8 Å². The van der Waals surface area contributed by atoms with Gasteiger partial charge in [0.25, 0.3) is 5.91 Å². The van der Waals surface area contributed by atoms with E-state index in [0.29, 0.717) is 23.1 Å². The van der Waals surface area contributed by atoms with Crippen molar-refractivity contribution in [1.29, 1.82) is 0 Å². The highest BCUT2D eigenvalue weighted by Gasteiger charge is 2.30. The van der Waals surface area contributed by atoms with Gasteiger partial charge < -0.3 is 10.6 Å². The summed E-state index contributed by atoms with van der Waals surface area (Å²) in [4.78, 5) is 14.6. The van der Waals surface area contributed by atoms with Crippen LogP contribution in [0.1, 0.15) is 24.2 Å². The molecule has 1 saturated heterocycles. The molecule has 1 amide bonds. The number of carbonyl (C=O) groups is 1. The number of hydrogen-bond acceptors (Lipinski definition) is 2. The minimum Gasteiger partial charge on any atom is -0.398 e. The number of nitrogens with zero attached hydrogens (tertiary/aromatic N) is 1. The van der Waals surface area contributed by atoms with Gasteiger partial charge in [0.2, 0.25) is 0 Å². The fraction of sp³-hybridized carbons (Fsp3) is 0.353. The maximum atomic E-state index is 12.6. The Labute approximate surface area is 119 Å². The number of amides is 1. The Morgan fingerprint density at radius 1 is 1.10 bits per heavy atom. The molecule has 1 aliphatic rings. The minimum atomic E-state index is 0.0597. The van der Waals surface area contributed by atoms with Gasteiger partial charge in [-0.1, -0.05) is 38.1 Å². The second-order valence-electron chi connectivity index (χ2n) is 5.95. The highest BCUT2D eigenvalue weighted by atomic mass is 16.2. The molecule has 0 saturated carbocycles. The van der Waals surface area contributed by atoms with Crippen molar-refractivity contribution < 1.29 is 4.79 Å². The summed E-state index contributed by atoms with van der Waals surface area (Å²) in [5, 5.41) is 2.13. The summed E-state index contributed by atoms with van der Waals surface area (Å²) < 4.78 is 0. The molecule has 20 heavy (non-hydrogen) atoms. The summed E-state index contributed by atoms with van der Waals surface area (Å²) in [6.07, 6.45) is 0. The van der Waals surface area contributed by atoms with E-state index in [1.165, 1.54) is 0 Å². The third kappa shape index (κ3) is 2.13. The van der Waals surface area contributed by atoms with Crippen LogP contribution in [-0.4, -0.2) is 23.9 Å². The van der Waals surface area contributed by atoms with E-state index in [1.807, 2.05) is 41.3 Å². The van der Waals surface area contributed by atoms with Crippen molar-refractivity contribution in [3.63, 3.8) is 0 Å². The van der Waals surface area contributed by atoms with Crippen molar-refractivity contribution in [3.8, 4) is 0 Å². The molecular weight excluding hydrogens is 248 g/mol. The second-order valence-corrected chi connectivity index (χ2v) is 5.95. The number of carbonyl (C=O) groups excluding carboxylic acids is 1. The number of hydrogen-bond donors (Lipinski definition) is 1. The first-order valence-electron chi connectivity index (χ1n) is 7.14. The molecule has 0 spiro atoms. The van der Waals surface area contributed by atoms with E-state index in [0.717, 1.165) is 23.9 Å². The fourth-order valence-electron chi connectivity index (χ4n) is 2.91. The Hall–Kier alpha value is -2.03. The van der Waals surface area contributed by atoms with Gasteiger partial charge >= 0.3 is 0 Å². The zero-order valence-electron chi connectivity index (χ0n) is 12.0. The van der Waals surface area contributed by atoms with Crippen molar-refractivity contribution in [3.05, 3.63) is 42.0 Å². The monoisotopic (exact) mass is 268 g/mol. The molecule has 2 N–H and O–H groups in total. The summed E-state index contributed by atoms with van der Waals surface area (Å²) >= 11 is 0. The first kappa shape index (κ1) is 13.0. The summed E-state index contributed by atoms with van der Waals surface area (Å²) in [6.45, 7) is 6.04. The molecule has 1 heterocycles. The predicted molar refractivity (Wildman–Crippen MR) is 82.6 cm³/mol. The van der Waals surface area contributed by atoms with Crippen LogP contribution in [-0.2, 0) is 0 Å². The van der Waals surface area contributed by atoms with Crippen LogP contribution in [0.2, 0.25) is 0 Å². The van der Waals surface area contributed by atoms with Crippen LogP contribution in [0.4, 0.5) is 5.69 Å². The van der Waals surface area contributed by atoms with Crippen LogP contribution >= 0.6 is 0 Å². The third-order valence-corrected chi connectivity index (χ3v) is 4.42. The molecule has 2 aromatic carbocycles. The van der Waals surface area contributed by atoms with Crippen molar-refractivity contribution in [2.45, 2.75) is 13.8 Å². The van der Waals surface area contributed by atoms with E-state index in [1.54, 1.807) is 0 Å². The van der Waals surface area contributed by atoms with Crippen molar-refractivity contribution in [1.82, 2.24) is 4.90 Å². The lowest BCUT2D eigenvalue weighted by molar-refractivity contribution is 0.0786. The van der Waals surface area contributed by atoms with E-state index in [-0.39, 0.29) is 5.91 Å². The van der Waals surface area contributed by atoms with E-state index in [4.69, 9.17) is 5.73 Å². The number of nitrogens with two attached hydrogens (primary N) is 1. The molecular formula is C17H20N2O. The number of anilines is 1. The van der Waals surface area contributed by atoms with Gasteiger partial charge in [0.1, 0.15) is 0 Å². The first-order chi connectivity index (χ1) is 9.56. The van der Waals surface area contributed by atoms with Gasteiger partial charge in [-0.15, -0.1) is 0 Å². The van der Waals surface area contributed by atoms with Gasteiger partial charge in [-0.25, -0.2) is 0 Å². The van der Waals surface area contributed by atoms with Crippen molar-refractivity contribution in [2.75, 3.05) is 18.8 Å². The maximum Gasteiger partial charge on any atom is 0.255 e. The normalized spacial score (nSPS) is 22.4. The summed E-state index contributed by atoms with van der Waals surface area (Å²) in [5.74, 6) is 1.17. The average molecular weight is 268 g/mol. The van der Waals surface area contributed by atoms with Gasteiger partial charge in [-0.05, 0) is 34.7 Å². The number of likely N-dealkylation sites (tertiary alicyclic amines) is 1. The number of benzene rings is 2.